The minimum atomic E-state index is -0.0434. The Morgan fingerprint density at radius 2 is 1.51 bits per heavy atom. The number of nitrogens with zero attached hydrogens (tertiary/aromatic N) is 1. The number of hydrogen-bond donors (Lipinski definition) is 2. The molecule has 0 saturated heterocycles. The highest BCUT2D eigenvalue weighted by atomic mass is 16.2. The lowest BCUT2D eigenvalue weighted by molar-refractivity contribution is -0.126. The van der Waals surface area contributed by atoms with Gasteiger partial charge in [0.25, 0.3) is 0 Å². The Kier molecular flexibility index (Phi) is 8.56. The van der Waals surface area contributed by atoms with Gasteiger partial charge in [-0.3, -0.25) is 14.4 Å². The van der Waals surface area contributed by atoms with E-state index < -0.39 is 0 Å². The standard InChI is InChI=1S/C31H43N3O3/c1-21-12-24-13-22(2)17-31(16-21,18-24)19-29(36)32-10-5-11-33-30(37)20-34(4)28-9-8-26-14-25(23(3)35)6-7-27(26)15-28/h6-9,14-15,21-22,24H,5,10-13,16-20H2,1-4H3,(H,32,36)(H,33,37). The van der Waals surface area contributed by atoms with Crippen LogP contribution < -0.4 is 15.5 Å². The van der Waals surface area contributed by atoms with Gasteiger partial charge >= 0.3 is 0 Å². The third kappa shape index (κ3) is 7.12. The number of fused-ring (bicyclic) bond motifs is 3. The Labute approximate surface area is 221 Å². The monoisotopic (exact) mass is 505 g/mol. The van der Waals surface area contributed by atoms with Crippen LogP contribution in [0.1, 0.15) is 76.1 Å². The minimum Gasteiger partial charge on any atom is -0.365 e. The van der Waals surface area contributed by atoms with E-state index >= 15 is 0 Å². The Hall–Kier alpha value is -2.89. The van der Waals surface area contributed by atoms with Crippen LogP contribution in [0, 0.1) is 23.2 Å². The van der Waals surface area contributed by atoms with Gasteiger partial charge in [0.2, 0.25) is 11.8 Å². The predicted molar refractivity (Wildman–Crippen MR) is 150 cm³/mol. The van der Waals surface area contributed by atoms with E-state index in [0.717, 1.165) is 40.6 Å². The van der Waals surface area contributed by atoms with Crippen LogP contribution in [-0.2, 0) is 9.59 Å². The van der Waals surface area contributed by atoms with Crippen LogP contribution >= 0.6 is 0 Å². The molecule has 0 radical (unpaired) electrons. The van der Waals surface area contributed by atoms with Gasteiger partial charge in [0.15, 0.2) is 5.78 Å². The number of carbonyl (C=O) groups is 3. The fourth-order valence-electron chi connectivity index (χ4n) is 7.12. The van der Waals surface area contributed by atoms with E-state index in [-0.39, 0.29) is 29.6 Å². The average molecular weight is 506 g/mol. The number of rotatable bonds is 10. The fourth-order valence-corrected chi connectivity index (χ4v) is 7.12. The number of Topliss-reactive ketones (excluding diaryl/α,β-unsaturated/α-hetero) is 1. The molecule has 2 amide bonds. The molecule has 0 aromatic heterocycles. The lowest BCUT2D eigenvalue weighted by atomic mass is 9.55. The Morgan fingerprint density at radius 3 is 2.19 bits per heavy atom. The van der Waals surface area contributed by atoms with Crippen molar-refractivity contribution in [3.63, 3.8) is 0 Å². The summed E-state index contributed by atoms with van der Waals surface area (Å²) in [5, 5.41) is 8.12. The average Bonchev–Trinajstić information content (AvgIpc) is 2.81. The van der Waals surface area contributed by atoms with Crippen LogP contribution in [0.2, 0.25) is 0 Å². The lowest BCUT2D eigenvalue weighted by Crippen LogP contribution is -2.42. The summed E-state index contributed by atoms with van der Waals surface area (Å²) >= 11 is 0. The van der Waals surface area contributed by atoms with Gasteiger partial charge in [0, 0.05) is 37.8 Å². The quantitative estimate of drug-likeness (QED) is 0.337. The van der Waals surface area contributed by atoms with Crippen LogP contribution in [0.25, 0.3) is 10.8 Å². The lowest BCUT2D eigenvalue weighted by Gasteiger charge is -2.49. The highest BCUT2D eigenvalue weighted by Crippen LogP contribution is 2.54. The molecule has 2 aliphatic rings. The first kappa shape index (κ1) is 27.2. The highest BCUT2D eigenvalue weighted by Gasteiger charge is 2.45. The van der Waals surface area contributed by atoms with E-state index in [0.29, 0.717) is 25.1 Å². The number of benzene rings is 2. The third-order valence-corrected chi connectivity index (χ3v) is 8.34. The van der Waals surface area contributed by atoms with Crippen molar-refractivity contribution in [2.45, 2.75) is 65.7 Å². The van der Waals surface area contributed by atoms with Crippen molar-refractivity contribution in [2.75, 3.05) is 31.6 Å². The summed E-state index contributed by atoms with van der Waals surface area (Å²) in [6.07, 6.45) is 7.60. The molecule has 0 spiro atoms. The molecule has 6 heteroatoms. The topological polar surface area (TPSA) is 78.5 Å². The highest BCUT2D eigenvalue weighted by molar-refractivity contribution is 5.99. The van der Waals surface area contributed by atoms with Gasteiger partial charge in [0.05, 0.1) is 6.54 Å². The number of carbonyl (C=O) groups excluding carboxylic acids is 3. The summed E-state index contributed by atoms with van der Waals surface area (Å²) in [6, 6.07) is 11.7. The summed E-state index contributed by atoms with van der Waals surface area (Å²) in [5.74, 6) is 2.42. The number of ketones is 1. The molecule has 37 heavy (non-hydrogen) atoms. The van der Waals surface area contributed by atoms with Crippen molar-refractivity contribution in [2.24, 2.45) is 23.2 Å². The maximum atomic E-state index is 12.7. The first-order valence-electron chi connectivity index (χ1n) is 13.9. The summed E-state index contributed by atoms with van der Waals surface area (Å²) in [4.78, 5) is 38.7. The van der Waals surface area contributed by atoms with Gasteiger partial charge in [0.1, 0.15) is 0 Å². The molecule has 2 fully saturated rings. The van der Waals surface area contributed by atoms with Gasteiger partial charge in [-0.2, -0.15) is 0 Å². The molecule has 2 bridgehead atoms. The SMILES string of the molecule is CC(=O)c1ccc2cc(N(C)CC(=O)NCCCNC(=O)CC34CC(C)CC(CC(C)C3)C4)ccc2c1. The molecule has 0 heterocycles. The summed E-state index contributed by atoms with van der Waals surface area (Å²) in [5.41, 5.74) is 1.84. The van der Waals surface area contributed by atoms with Gasteiger partial charge in [-0.25, -0.2) is 0 Å². The summed E-state index contributed by atoms with van der Waals surface area (Å²) in [7, 11) is 1.90. The van der Waals surface area contributed by atoms with Crippen molar-refractivity contribution in [1.29, 1.82) is 0 Å². The van der Waals surface area contributed by atoms with Crippen LogP contribution in [0.4, 0.5) is 5.69 Å². The molecule has 2 aromatic carbocycles. The molecule has 4 rings (SSSR count). The zero-order valence-corrected chi connectivity index (χ0v) is 22.9. The number of amides is 2. The smallest absolute Gasteiger partial charge is 0.239 e. The molecule has 2 unspecified atom stereocenters. The van der Waals surface area contributed by atoms with Crippen LogP contribution in [0.5, 0.6) is 0 Å². The molecular formula is C31H43N3O3. The molecule has 0 aliphatic heterocycles. The predicted octanol–water partition coefficient (Wildman–Crippen LogP) is 5.34. The zero-order chi connectivity index (χ0) is 26.6. The van der Waals surface area contributed by atoms with E-state index in [9.17, 15) is 14.4 Å². The third-order valence-electron chi connectivity index (χ3n) is 8.34. The number of likely N-dealkylation sites (N-methyl/N-ethyl adjacent to an activating group) is 1. The molecule has 2 atom stereocenters. The minimum absolute atomic E-state index is 0.0434. The summed E-state index contributed by atoms with van der Waals surface area (Å²) in [6.45, 7) is 7.65. The van der Waals surface area contributed by atoms with Gasteiger partial charge in [-0.05, 0) is 97.6 Å². The van der Waals surface area contributed by atoms with E-state index in [1.165, 1.54) is 32.1 Å². The van der Waals surface area contributed by atoms with Crippen molar-refractivity contribution >= 4 is 34.1 Å². The maximum absolute atomic E-state index is 12.7. The Balaban J connectivity index is 1.17. The number of hydrogen-bond acceptors (Lipinski definition) is 4. The normalized spacial score (nSPS) is 24.9. The van der Waals surface area contributed by atoms with Crippen molar-refractivity contribution in [3.05, 3.63) is 42.0 Å². The first-order valence-corrected chi connectivity index (χ1v) is 13.9. The van der Waals surface area contributed by atoms with Crippen molar-refractivity contribution in [3.8, 4) is 0 Å². The van der Waals surface area contributed by atoms with Gasteiger partial charge in [-0.15, -0.1) is 0 Å². The van der Waals surface area contributed by atoms with E-state index in [1.807, 2.05) is 48.3 Å². The Bertz CT molecular complexity index is 1120. The zero-order valence-electron chi connectivity index (χ0n) is 22.9. The maximum Gasteiger partial charge on any atom is 0.239 e. The molecular weight excluding hydrogens is 462 g/mol. The molecule has 2 aliphatic carbocycles. The van der Waals surface area contributed by atoms with Gasteiger partial charge in [-0.1, -0.05) is 32.0 Å². The molecule has 200 valence electrons. The molecule has 6 nitrogen and oxygen atoms in total. The second-order valence-corrected chi connectivity index (χ2v) is 12.0. The largest absolute Gasteiger partial charge is 0.365 e. The van der Waals surface area contributed by atoms with Gasteiger partial charge < -0.3 is 15.5 Å². The fraction of sp³-hybridized carbons (Fsp3) is 0.581. The first-order chi connectivity index (χ1) is 17.6. The number of nitrogens with one attached hydrogen (secondary N) is 2. The second-order valence-electron chi connectivity index (χ2n) is 12.0. The van der Waals surface area contributed by atoms with Crippen molar-refractivity contribution < 1.29 is 14.4 Å². The second kappa shape index (κ2) is 11.7. The summed E-state index contributed by atoms with van der Waals surface area (Å²) < 4.78 is 0. The van der Waals surface area contributed by atoms with Crippen LogP contribution in [0.15, 0.2) is 36.4 Å². The number of anilines is 1. The van der Waals surface area contributed by atoms with E-state index in [2.05, 4.69) is 24.5 Å². The molecule has 2 saturated carbocycles. The van der Waals surface area contributed by atoms with Crippen LogP contribution in [0.3, 0.4) is 0 Å². The van der Waals surface area contributed by atoms with Crippen LogP contribution in [-0.4, -0.2) is 44.3 Å². The molecule has 2 aromatic rings. The van der Waals surface area contributed by atoms with E-state index in [4.69, 9.17) is 0 Å². The molecule has 2 N–H and O–H groups in total. The van der Waals surface area contributed by atoms with E-state index in [1.54, 1.807) is 6.92 Å². The van der Waals surface area contributed by atoms with Crippen molar-refractivity contribution in [1.82, 2.24) is 10.6 Å². The Morgan fingerprint density at radius 1 is 0.892 bits per heavy atom.